The van der Waals surface area contributed by atoms with E-state index in [0.29, 0.717) is 0 Å². The summed E-state index contributed by atoms with van der Waals surface area (Å²) in [5.41, 5.74) is 70.7. The Kier molecular flexibility index (Phi) is 19.0. The van der Waals surface area contributed by atoms with E-state index in [0.717, 1.165) is 83.5 Å². The van der Waals surface area contributed by atoms with Crippen molar-refractivity contribution >= 4 is 112 Å². The summed E-state index contributed by atoms with van der Waals surface area (Å²) in [7, 11) is 0. The molecule has 15 aliphatic rings. The molecule has 0 saturated carbocycles. The molecule has 0 bridgehead atoms. The third-order valence-corrected chi connectivity index (χ3v) is 35.5. The van der Waals surface area contributed by atoms with Gasteiger partial charge in [-0.3, -0.25) is 0 Å². The Morgan fingerprint density at radius 3 is 0.987 bits per heavy atom. The van der Waals surface area contributed by atoms with Crippen molar-refractivity contribution in [1.82, 2.24) is 0 Å². The van der Waals surface area contributed by atoms with Crippen molar-refractivity contribution < 1.29 is 0 Å². The van der Waals surface area contributed by atoms with Crippen LogP contribution in [0.2, 0.25) is 0 Å². The summed E-state index contributed by atoms with van der Waals surface area (Å²) in [6, 6.07) is 139. The smallest absolute Gasteiger partial charge is 0.000706 e. The third kappa shape index (κ3) is 12.7. The van der Waals surface area contributed by atoms with E-state index in [1.54, 1.807) is 33.4 Å². The van der Waals surface area contributed by atoms with Crippen molar-refractivity contribution in [3.05, 3.63) is 557 Å². The summed E-state index contributed by atoms with van der Waals surface area (Å²) in [6.45, 7) is 0. The Balaban J connectivity index is 0.0000000771. The molecule has 23 aromatic rings. The van der Waals surface area contributed by atoms with Gasteiger partial charge in [0.2, 0.25) is 0 Å². The van der Waals surface area contributed by atoms with E-state index in [1.807, 2.05) is 0 Å². The molecular formula is C149H100. The maximum absolute atomic E-state index is 2.34. The van der Waals surface area contributed by atoms with Gasteiger partial charge < -0.3 is 0 Å². The molecule has 23 aromatic carbocycles. The Morgan fingerprint density at radius 2 is 0.409 bits per heavy atom. The van der Waals surface area contributed by atoms with E-state index in [1.165, 1.54) is 309 Å². The molecule has 0 aliphatic heterocycles. The Hall–Kier alpha value is -17.7. The Morgan fingerprint density at radius 1 is 0.114 bits per heavy atom. The second kappa shape index (κ2) is 33.4. The van der Waals surface area contributed by atoms with Crippen LogP contribution in [0.3, 0.4) is 0 Å². The highest BCUT2D eigenvalue weighted by atomic mass is 14.4. The highest BCUT2D eigenvalue weighted by Gasteiger charge is 2.38. The first-order valence-corrected chi connectivity index (χ1v) is 53.8. The first-order valence-electron chi connectivity index (χ1n) is 53.8. The predicted octanol–water partition coefficient (Wildman–Crippen LogP) is 37.6. The molecule has 0 amide bonds. The van der Waals surface area contributed by atoms with Gasteiger partial charge in [0.05, 0.1) is 0 Å². The van der Waals surface area contributed by atoms with Crippen molar-refractivity contribution in [2.45, 2.75) is 83.5 Å². The second-order valence-electron chi connectivity index (χ2n) is 42.9. The molecule has 0 radical (unpaired) electrons. The number of allylic oxidation sites excluding steroid dienone is 6. The lowest BCUT2D eigenvalue weighted by molar-refractivity contribution is 1.18. The van der Waals surface area contributed by atoms with Crippen LogP contribution in [0.4, 0.5) is 0 Å². The van der Waals surface area contributed by atoms with Gasteiger partial charge in [0.15, 0.2) is 0 Å². The fourth-order valence-electron chi connectivity index (χ4n) is 29.4. The lowest BCUT2D eigenvalue weighted by Gasteiger charge is -2.15. The largest absolute Gasteiger partial charge is 0.0795 e. The van der Waals surface area contributed by atoms with Gasteiger partial charge >= 0.3 is 0 Å². The van der Waals surface area contributed by atoms with Crippen LogP contribution >= 0.6 is 0 Å². The van der Waals surface area contributed by atoms with Gasteiger partial charge in [0.25, 0.3) is 0 Å². The maximum Gasteiger partial charge on any atom is -0.000706 e. The number of hydrogen-bond donors (Lipinski definition) is 0. The predicted molar refractivity (Wildman–Crippen MR) is 631 cm³/mol. The van der Waals surface area contributed by atoms with Crippen molar-refractivity contribution in [2.75, 3.05) is 0 Å². The zero-order valence-corrected chi connectivity index (χ0v) is 82.9. The molecule has 0 heterocycles. The molecule has 0 aromatic heterocycles. The molecule has 0 spiro atoms. The molecule has 0 N–H and O–H groups in total. The molecule has 0 fully saturated rings. The molecule has 0 atom stereocenters. The van der Waals surface area contributed by atoms with Crippen molar-refractivity contribution in [3.8, 4) is 122 Å². The zero-order valence-electron chi connectivity index (χ0n) is 82.9. The van der Waals surface area contributed by atoms with Gasteiger partial charge in [0, 0.05) is 0 Å². The monoisotopic (exact) mass is 1890 g/mol. The molecule has 0 unspecified atom stereocenters. The number of rotatable bonds is 0. The minimum absolute atomic E-state index is 1.04. The number of hydrogen-bond acceptors (Lipinski definition) is 0. The molecule has 149 heavy (non-hydrogen) atoms. The number of benzene rings is 23. The first-order chi connectivity index (χ1) is 74.0. The van der Waals surface area contributed by atoms with E-state index < -0.39 is 0 Å². The van der Waals surface area contributed by atoms with Crippen LogP contribution in [0.5, 0.6) is 0 Å². The van der Waals surface area contributed by atoms with E-state index in [9.17, 15) is 0 Å². The molecule has 0 saturated heterocycles. The molecule has 0 nitrogen and oxygen atoms in total. The SMILES string of the molecule is C1=Cc2c(c3c(c4c2Cc2ccccc2-4)CC=C3)C1.C1=Cc2c(c3c(c4ccccc24)-c2ccccc2C3)C1.C1=Cc2c(c3c(c4ccccc24)Cc2ccccc2-3)C1.C1=Cc2c3c(c4ccccc4c2C1)-c1ccccc1C3.C1=Cc2c3c(c4ccccc4c2C1)Cc1ccccc1-3.c1cc2c3c(c1)-c1c(ccc4ccccc14)-c1cccc4ccc(c-3c14)C2.c1ccc2c(c1)-c1cccc3c1-c1c(ccc4cccc-2c14)C3. The van der Waals surface area contributed by atoms with Crippen LogP contribution in [-0.4, -0.2) is 0 Å². The summed E-state index contributed by atoms with van der Waals surface area (Å²) in [5, 5.41) is 19.6. The lowest BCUT2D eigenvalue weighted by Crippen LogP contribution is -1.98. The van der Waals surface area contributed by atoms with Gasteiger partial charge in [-0.15, -0.1) is 0 Å². The third-order valence-electron chi connectivity index (χ3n) is 35.5. The Bertz CT molecular complexity index is 10200. The summed E-state index contributed by atoms with van der Waals surface area (Å²) in [5.74, 6) is 0. The molecule has 38 rings (SSSR count). The highest BCUT2D eigenvalue weighted by Crippen LogP contribution is 2.60. The first kappa shape index (κ1) is 84.6. The maximum atomic E-state index is 2.34. The number of fused-ring (bicyclic) bond motifs is 48. The zero-order chi connectivity index (χ0) is 97.3. The van der Waals surface area contributed by atoms with E-state index in [-0.39, 0.29) is 0 Å². The van der Waals surface area contributed by atoms with Gasteiger partial charge in [-0.2, -0.15) is 0 Å². The molecule has 15 aliphatic carbocycles. The van der Waals surface area contributed by atoms with Gasteiger partial charge in [-0.25, -0.2) is 0 Å². The van der Waals surface area contributed by atoms with Crippen LogP contribution in [0.15, 0.2) is 413 Å². The van der Waals surface area contributed by atoms with Crippen molar-refractivity contribution in [1.29, 1.82) is 0 Å². The fourth-order valence-corrected chi connectivity index (χ4v) is 29.4. The van der Waals surface area contributed by atoms with Crippen molar-refractivity contribution in [3.63, 3.8) is 0 Å². The van der Waals surface area contributed by atoms with E-state index in [4.69, 9.17) is 0 Å². The van der Waals surface area contributed by atoms with Gasteiger partial charge in [-0.1, -0.05) is 449 Å². The summed E-state index contributed by atoms with van der Waals surface area (Å²) in [4.78, 5) is 0. The molecular weight excluding hydrogens is 1790 g/mol. The molecule has 696 valence electrons. The van der Waals surface area contributed by atoms with Crippen LogP contribution in [-0.2, 0) is 83.5 Å². The normalized spacial score (nSPS) is 14.2. The van der Waals surface area contributed by atoms with E-state index >= 15 is 0 Å². The summed E-state index contributed by atoms with van der Waals surface area (Å²) >= 11 is 0. The van der Waals surface area contributed by atoms with Gasteiger partial charge in [-0.05, 0) is 426 Å². The van der Waals surface area contributed by atoms with Crippen LogP contribution in [0.25, 0.3) is 234 Å². The summed E-state index contributed by atoms with van der Waals surface area (Å²) in [6.07, 6.45) is 41.9. The standard InChI is InChI=1S/C27H16.C23H14.4C20H14.C19H14/c1-2-8-20-16(5-1)13-14-22-21-9-3-6-17-11-12-19-15-18-7-4-10-23(27(20)22)25(18)26(19)24(17)21;1-2-8-18-17(7-1)19-9-3-5-14-11-12-16-13-15-6-4-10-20(18)22(15)23(16)21(14)19;2*1-2-7-14-13(6-1)12-19-17-11-5-10-15(17)16-8-3-4-9-18(16)20(14)19;2*1-2-7-14-13(6-1)12-19-17-9-4-3-8-15(17)16-10-5-11-18(16)20(14)19;1-2-6-13-12(5-1)11-18-16-9-3-7-14(16)15-8-4-10-17(15)19(13)18/h1-14H,15H2;1-12H,13H2;1-9,11H,10,12H2;1-10H,11-12H2;1-9,11H,10,12H2;1-10H,11-12H2;1-6,8-9H,7,10-11H2. The Labute approximate surface area is 868 Å². The molecule has 0 heteroatoms. The average molecular weight is 1890 g/mol. The van der Waals surface area contributed by atoms with Crippen molar-refractivity contribution in [2.24, 2.45) is 0 Å². The lowest BCUT2D eigenvalue weighted by atomic mass is 9.88. The van der Waals surface area contributed by atoms with Crippen LogP contribution in [0.1, 0.15) is 145 Å². The van der Waals surface area contributed by atoms with Crippen LogP contribution < -0.4 is 0 Å². The second-order valence-corrected chi connectivity index (χ2v) is 42.9. The fraction of sp³-hybridized carbons (Fsp3) is 0.0872. The van der Waals surface area contributed by atoms with E-state index in [2.05, 4.69) is 449 Å². The quantitative estimate of drug-likeness (QED) is 0.142. The van der Waals surface area contributed by atoms with Crippen LogP contribution in [0, 0.1) is 0 Å². The topological polar surface area (TPSA) is 0 Å². The minimum Gasteiger partial charge on any atom is -0.0795 e. The highest BCUT2D eigenvalue weighted by molar-refractivity contribution is 6.22. The van der Waals surface area contributed by atoms with Gasteiger partial charge in [0.1, 0.15) is 0 Å². The minimum atomic E-state index is 1.04. The summed E-state index contributed by atoms with van der Waals surface area (Å²) < 4.78 is 0. The average Bonchev–Trinajstić information content (AvgIpc) is 1.55.